The van der Waals surface area contributed by atoms with Gasteiger partial charge in [-0.3, -0.25) is 0 Å². The first kappa shape index (κ1) is 16.7. The van der Waals surface area contributed by atoms with Crippen LogP contribution < -0.4 is 10.6 Å². The molecule has 0 aromatic heterocycles. The minimum absolute atomic E-state index is 0.190. The highest BCUT2D eigenvalue weighted by molar-refractivity contribution is 5.89. The van der Waals surface area contributed by atoms with Gasteiger partial charge in [0.1, 0.15) is 5.72 Å². The fourth-order valence-corrected chi connectivity index (χ4v) is 5.15. The first-order chi connectivity index (χ1) is 11.8. The molecule has 2 atom stereocenters. The van der Waals surface area contributed by atoms with Gasteiger partial charge in [0, 0.05) is 0 Å². The number of hydrogen-bond donors (Lipinski definition) is 2. The molecule has 7 heteroatoms. The van der Waals surface area contributed by atoms with Crippen LogP contribution in [0.5, 0.6) is 0 Å². The first-order valence-corrected chi connectivity index (χ1v) is 8.76. The molecule has 25 heavy (non-hydrogen) atoms. The number of nitrogens with one attached hydrogen (secondary N) is 2. The van der Waals surface area contributed by atoms with Crippen molar-refractivity contribution in [3.8, 4) is 0 Å². The van der Waals surface area contributed by atoms with E-state index in [0.29, 0.717) is 11.8 Å². The molecule has 4 aliphatic rings. The largest absolute Gasteiger partial charge is 0.349 e. The van der Waals surface area contributed by atoms with Crippen LogP contribution in [-0.2, 0) is 4.74 Å². The van der Waals surface area contributed by atoms with Gasteiger partial charge in [0.25, 0.3) is 0 Å². The molecule has 2 aliphatic heterocycles. The second kappa shape index (κ2) is 5.62. The minimum atomic E-state index is -1.60. The predicted octanol–water partition coefficient (Wildman–Crippen LogP) is 4.31. The quantitative estimate of drug-likeness (QED) is 0.795. The van der Waals surface area contributed by atoms with E-state index in [1.54, 1.807) is 0 Å². The average molecular weight is 354 g/mol. The van der Waals surface area contributed by atoms with Gasteiger partial charge in [0.05, 0.1) is 11.3 Å². The number of hydrogen-bond acceptors (Lipinski definition) is 2. The predicted molar refractivity (Wildman–Crippen MR) is 85.4 cm³/mol. The first-order valence-electron chi connectivity index (χ1n) is 8.76. The Kier molecular flexibility index (Phi) is 3.76. The van der Waals surface area contributed by atoms with E-state index >= 15 is 0 Å². The third-order valence-corrected chi connectivity index (χ3v) is 5.91. The number of carbonyl (C=O) groups excluding carboxylic acids is 1. The van der Waals surface area contributed by atoms with E-state index in [4.69, 9.17) is 4.74 Å². The molecule has 2 saturated heterocycles. The van der Waals surface area contributed by atoms with E-state index in [-0.39, 0.29) is 5.60 Å². The molecule has 2 saturated carbocycles. The van der Waals surface area contributed by atoms with Gasteiger partial charge in [0.15, 0.2) is 17.5 Å². The smallest absolute Gasteiger partial charge is 0.321 e. The van der Waals surface area contributed by atoms with Crippen LogP contribution in [0.3, 0.4) is 0 Å². The highest BCUT2D eigenvalue weighted by Gasteiger charge is 2.58. The Balaban J connectivity index is 1.51. The molecule has 1 aromatic rings. The van der Waals surface area contributed by atoms with Crippen molar-refractivity contribution in [1.82, 2.24) is 5.32 Å². The molecule has 1 aromatic carbocycles. The van der Waals surface area contributed by atoms with Crippen LogP contribution in [0.15, 0.2) is 12.1 Å². The molecule has 5 rings (SSSR count). The molecule has 4 fully saturated rings. The fourth-order valence-electron chi connectivity index (χ4n) is 5.15. The lowest BCUT2D eigenvalue weighted by Crippen LogP contribution is -2.67. The minimum Gasteiger partial charge on any atom is -0.349 e. The summed E-state index contributed by atoms with van der Waals surface area (Å²) in [6.07, 6.45) is 5.56. The average Bonchev–Trinajstić information content (AvgIpc) is 2.54. The summed E-state index contributed by atoms with van der Waals surface area (Å²) in [6, 6.07) is 1.11. The van der Waals surface area contributed by atoms with Crippen molar-refractivity contribution in [3.63, 3.8) is 0 Å². The SMILES string of the molecule is CCC12CC3CC(C1)CC(NC(=O)Nc1ccc(F)c(F)c1F)(C3)O2. The summed E-state index contributed by atoms with van der Waals surface area (Å²) in [4.78, 5) is 12.4. The van der Waals surface area contributed by atoms with Crippen LogP contribution in [-0.4, -0.2) is 17.4 Å². The monoisotopic (exact) mass is 354 g/mol. The van der Waals surface area contributed by atoms with Crippen molar-refractivity contribution in [1.29, 1.82) is 0 Å². The topological polar surface area (TPSA) is 50.4 Å². The third-order valence-electron chi connectivity index (χ3n) is 5.91. The highest BCUT2D eigenvalue weighted by atomic mass is 19.2. The molecule has 2 amide bonds. The van der Waals surface area contributed by atoms with E-state index in [2.05, 4.69) is 17.6 Å². The Morgan fingerprint density at radius 1 is 1.16 bits per heavy atom. The molecule has 2 heterocycles. The summed E-state index contributed by atoms with van der Waals surface area (Å²) in [7, 11) is 0. The van der Waals surface area contributed by atoms with E-state index in [0.717, 1.165) is 50.7 Å². The lowest BCUT2D eigenvalue weighted by molar-refractivity contribution is -0.281. The number of urea groups is 1. The number of ether oxygens (including phenoxy) is 1. The third kappa shape index (κ3) is 2.78. The molecule has 0 radical (unpaired) electrons. The van der Waals surface area contributed by atoms with Crippen molar-refractivity contribution >= 4 is 11.7 Å². The zero-order valence-electron chi connectivity index (χ0n) is 14.0. The standard InChI is InChI=1S/C18H21F3N2O2/c1-2-17-6-10-5-11(7-17)9-18(8-10,25-17)23-16(24)22-13-4-3-12(19)14(20)15(13)21/h3-4,10-11H,2,5-9H2,1H3,(H2,22,23,24). The maximum Gasteiger partial charge on any atom is 0.321 e. The van der Waals surface area contributed by atoms with Crippen molar-refractivity contribution in [2.45, 2.75) is 56.8 Å². The summed E-state index contributed by atoms with van der Waals surface area (Å²) in [5.74, 6) is -3.28. The second-order valence-corrected chi connectivity index (χ2v) is 7.72. The Bertz CT molecular complexity index is 711. The summed E-state index contributed by atoms with van der Waals surface area (Å²) >= 11 is 0. The Morgan fingerprint density at radius 3 is 2.48 bits per heavy atom. The molecular formula is C18H21F3N2O2. The lowest BCUT2D eigenvalue weighted by atomic mass is 9.59. The van der Waals surface area contributed by atoms with Crippen molar-refractivity contribution < 1.29 is 22.7 Å². The van der Waals surface area contributed by atoms with Gasteiger partial charge in [-0.15, -0.1) is 0 Å². The van der Waals surface area contributed by atoms with Gasteiger partial charge < -0.3 is 15.4 Å². The fraction of sp³-hybridized carbons (Fsp3) is 0.611. The Morgan fingerprint density at radius 2 is 1.84 bits per heavy atom. The summed E-state index contributed by atoms with van der Waals surface area (Å²) < 4.78 is 46.4. The van der Waals surface area contributed by atoms with Crippen LogP contribution in [0.1, 0.15) is 45.4 Å². The van der Waals surface area contributed by atoms with E-state index in [9.17, 15) is 18.0 Å². The summed E-state index contributed by atoms with van der Waals surface area (Å²) in [5.41, 5.74) is -1.34. The van der Waals surface area contributed by atoms with Gasteiger partial charge in [0.2, 0.25) is 0 Å². The molecular weight excluding hydrogens is 333 g/mol. The molecule has 4 bridgehead atoms. The highest BCUT2D eigenvalue weighted by Crippen LogP contribution is 2.57. The molecule has 136 valence electrons. The number of rotatable bonds is 3. The molecule has 4 nitrogen and oxygen atoms in total. The van der Waals surface area contributed by atoms with Gasteiger partial charge in [-0.25, -0.2) is 18.0 Å². The zero-order chi connectivity index (χ0) is 17.8. The van der Waals surface area contributed by atoms with Gasteiger partial charge in [-0.05, 0) is 62.5 Å². The van der Waals surface area contributed by atoms with Crippen molar-refractivity contribution in [3.05, 3.63) is 29.6 Å². The van der Waals surface area contributed by atoms with E-state index < -0.39 is 34.9 Å². The summed E-state index contributed by atoms with van der Waals surface area (Å²) in [6.45, 7) is 2.09. The van der Waals surface area contributed by atoms with Crippen molar-refractivity contribution in [2.75, 3.05) is 5.32 Å². The van der Waals surface area contributed by atoms with E-state index in [1.165, 1.54) is 0 Å². The molecule has 2 N–H and O–H groups in total. The van der Waals surface area contributed by atoms with Gasteiger partial charge in [-0.1, -0.05) is 6.92 Å². The molecule has 2 unspecified atom stereocenters. The lowest BCUT2D eigenvalue weighted by Gasteiger charge is -2.61. The van der Waals surface area contributed by atoms with Crippen LogP contribution >= 0.6 is 0 Å². The number of amides is 2. The number of benzene rings is 1. The number of anilines is 1. The molecule has 0 spiro atoms. The molecule has 2 aliphatic carbocycles. The van der Waals surface area contributed by atoms with Crippen molar-refractivity contribution in [2.24, 2.45) is 11.8 Å². The van der Waals surface area contributed by atoms with Gasteiger partial charge >= 0.3 is 6.03 Å². The normalized spacial score (nSPS) is 35.7. The maximum absolute atomic E-state index is 13.7. The zero-order valence-corrected chi connectivity index (χ0v) is 14.0. The number of carbonyl (C=O) groups is 1. The van der Waals surface area contributed by atoms with E-state index in [1.807, 2.05) is 0 Å². The second-order valence-electron chi connectivity index (χ2n) is 7.72. The van der Waals surface area contributed by atoms with Crippen LogP contribution in [0.4, 0.5) is 23.7 Å². The van der Waals surface area contributed by atoms with Gasteiger partial charge in [-0.2, -0.15) is 0 Å². The maximum atomic E-state index is 13.7. The Labute approximate surface area is 144 Å². The van der Waals surface area contributed by atoms with Crippen LogP contribution in [0.25, 0.3) is 0 Å². The summed E-state index contributed by atoms with van der Waals surface area (Å²) in [5, 5.41) is 5.11. The van der Waals surface area contributed by atoms with Crippen LogP contribution in [0, 0.1) is 29.3 Å². The van der Waals surface area contributed by atoms with Crippen LogP contribution in [0.2, 0.25) is 0 Å². The number of halogens is 3. The Hall–Kier alpha value is -1.76.